The van der Waals surface area contributed by atoms with Crippen LogP contribution in [-0.4, -0.2) is 39.9 Å². The van der Waals surface area contributed by atoms with Crippen molar-refractivity contribution < 1.29 is 11.6 Å². The van der Waals surface area contributed by atoms with Crippen LogP contribution in [0.1, 0.15) is 23.0 Å². The van der Waals surface area contributed by atoms with Gasteiger partial charge in [-0.2, -0.15) is 10.2 Å². The molecule has 3 heterocycles. The summed E-state index contributed by atoms with van der Waals surface area (Å²) < 4.78 is 40.2. The zero-order valence-corrected chi connectivity index (χ0v) is 13.2. The number of nitrogens with one attached hydrogen (secondary N) is 2. The number of benzene rings is 1. The van der Waals surface area contributed by atoms with Crippen LogP contribution in [0.15, 0.2) is 42.7 Å². The van der Waals surface area contributed by atoms with Gasteiger partial charge in [-0.3, -0.25) is 4.79 Å². The van der Waals surface area contributed by atoms with Gasteiger partial charge in [-0.1, -0.05) is 6.07 Å². The first kappa shape index (κ1) is 10.4. The van der Waals surface area contributed by atoms with Crippen LogP contribution in [-0.2, 0) is 6.50 Å². The fourth-order valence-corrected chi connectivity index (χ4v) is 2.77. The molecule has 2 aromatic heterocycles. The monoisotopic (exact) mass is 340 g/mol. The number of nitrogens with zero attached hydrogens (tertiary/aromatic N) is 5. The molecule has 0 radical (unpaired) electrons. The fraction of sp³-hybridized carbons (Fsp3) is 0.176. The highest BCUT2D eigenvalue weighted by molar-refractivity contribution is 5.98. The van der Waals surface area contributed by atoms with Gasteiger partial charge in [0.15, 0.2) is 5.69 Å². The van der Waals surface area contributed by atoms with Crippen molar-refractivity contribution >= 4 is 23.0 Å². The van der Waals surface area contributed by atoms with E-state index in [-0.39, 0.29) is 11.4 Å². The van der Waals surface area contributed by atoms with Crippen LogP contribution >= 0.6 is 0 Å². The second-order valence-electron chi connectivity index (χ2n) is 5.34. The van der Waals surface area contributed by atoms with E-state index < -0.39 is 19.4 Å². The molecule has 0 atom stereocenters. The lowest BCUT2D eigenvalue weighted by molar-refractivity contribution is 0.0958. The molecular formula is C17H17N7O. The van der Waals surface area contributed by atoms with Gasteiger partial charge >= 0.3 is 0 Å². The third kappa shape index (κ3) is 2.47. The molecule has 8 heteroatoms. The summed E-state index contributed by atoms with van der Waals surface area (Å²) in [5.74, 6) is -0.909. The van der Waals surface area contributed by atoms with Crippen molar-refractivity contribution in [3.63, 3.8) is 0 Å². The molecule has 1 aliphatic rings. The molecule has 2 N–H and O–H groups in total. The Morgan fingerprint density at radius 2 is 2.20 bits per heavy atom. The Balaban J connectivity index is 1.78. The number of rotatable bonds is 3. The van der Waals surface area contributed by atoms with Crippen molar-refractivity contribution in [3.05, 3.63) is 54.1 Å². The average molecular weight is 340 g/mol. The molecule has 4 rings (SSSR count). The van der Waals surface area contributed by atoms with E-state index in [0.717, 1.165) is 0 Å². The van der Waals surface area contributed by atoms with Crippen molar-refractivity contribution in [3.8, 4) is 5.69 Å². The number of carbonyl (C=O) groups excluding carboxylic acids is 1. The van der Waals surface area contributed by atoms with Crippen LogP contribution in [0, 0.1) is 0 Å². The molecule has 1 aliphatic heterocycles. The number of carbonyl (C=O) groups is 1. The summed E-state index contributed by atoms with van der Waals surface area (Å²) in [6.45, 7) is -4.51. The molecule has 0 saturated carbocycles. The second kappa shape index (κ2) is 5.90. The van der Waals surface area contributed by atoms with Gasteiger partial charge in [0, 0.05) is 24.3 Å². The molecule has 0 aliphatic carbocycles. The standard InChI is InChI=1S/C17H17N7O/c1-18-17(25)15-12(7-8-19-22-15)21-13-4-3-5-14-16(13)23(2)10-11-6-9-20-24(11)14/h3-9H,10H2,1-2H3,(H,18,25)(H,19,21)/i1D3,10D2. The van der Waals surface area contributed by atoms with E-state index in [9.17, 15) is 4.79 Å². The van der Waals surface area contributed by atoms with Gasteiger partial charge < -0.3 is 15.5 Å². The molecule has 0 spiro atoms. The van der Waals surface area contributed by atoms with E-state index in [4.69, 9.17) is 6.85 Å². The van der Waals surface area contributed by atoms with Gasteiger partial charge in [-0.15, -0.1) is 5.10 Å². The van der Waals surface area contributed by atoms with Crippen LogP contribution in [0.25, 0.3) is 5.69 Å². The maximum atomic E-state index is 12.4. The minimum atomic E-state index is -2.68. The summed E-state index contributed by atoms with van der Waals surface area (Å²) in [4.78, 5) is 13.8. The summed E-state index contributed by atoms with van der Waals surface area (Å²) >= 11 is 0. The normalized spacial score (nSPS) is 17.8. The van der Waals surface area contributed by atoms with E-state index >= 15 is 0 Å². The first-order valence-corrected chi connectivity index (χ1v) is 7.42. The van der Waals surface area contributed by atoms with E-state index in [1.165, 1.54) is 28.0 Å². The molecular weight excluding hydrogens is 318 g/mol. The van der Waals surface area contributed by atoms with Crippen molar-refractivity contribution in [1.82, 2.24) is 25.3 Å². The summed E-state index contributed by atoms with van der Waals surface area (Å²) in [5.41, 5.74) is 2.05. The number of fused-ring (bicyclic) bond motifs is 3. The number of amides is 1. The number of hydrogen-bond donors (Lipinski definition) is 2. The lowest BCUT2D eigenvalue weighted by Gasteiger charge is -2.30. The van der Waals surface area contributed by atoms with Gasteiger partial charge in [0.2, 0.25) is 0 Å². The van der Waals surface area contributed by atoms with Crippen LogP contribution in [0.2, 0.25) is 0 Å². The zero-order chi connectivity index (χ0) is 21.7. The minimum absolute atomic E-state index is 0.201. The summed E-state index contributed by atoms with van der Waals surface area (Å²) in [5, 5.41) is 16.6. The van der Waals surface area contributed by atoms with E-state index in [1.54, 1.807) is 31.3 Å². The highest BCUT2D eigenvalue weighted by Gasteiger charge is 2.23. The Kier molecular flexibility index (Phi) is 2.46. The molecule has 126 valence electrons. The van der Waals surface area contributed by atoms with Crippen molar-refractivity contribution in [2.75, 3.05) is 24.2 Å². The van der Waals surface area contributed by atoms with E-state index in [1.807, 2.05) is 5.32 Å². The molecule has 3 aromatic rings. The molecule has 1 aromatic carbocycles. The van der Waals surface area contributed by atoms with Crippen molar-refractivity contribution in [1.29, 1.82) is 0 Å². The fourth-order valence-electron chi connectivity index (χ4n) is 2.77. The Hall–Kier alpha value is -3.42. The van der Waals surface area contributed by atoms with E-state index in [2.05, 4.69) is 20.6 Å². The van der Waals surface area contributed by atoms with Gasteiger partial charge in [-0.05, 0) is 24.3 Å². The zero-order valence-electron chi connectivity index (χ0n) is 18.2. The molecule has 0 unspecified atom stereocenters. The summed E-state index contributed by atoms with van der Waals surface area (Å²) in [6.07, 6.45) is 2.89. The summed E-state index contributed by atoms with van der Waals surface area (Å²) in [6, 6.07) is 8.38. The molecule has 0 bridgehead atoms. The topological polar surface area (TPSA) is 88.0 Å². The van der Waals surface area contributed by atoms with Crippen LogP contribution in [0.3, 0.4) is 0 Å². The summed E-state index contributed by atoms with van der Waals surface area (Å²) in [7, 11) is 1.62. The highest BCUT2D eigenvalue weighted by atomic mass is 16.1. The first-order chi connectivity index (χ1) is 14.1. The van der Waals surface area contributed by atoms with Crippen LogP contribution in [0.4, 0.5) is 17.1 Å². The minimum Gasteiger partial charge on any atom is -0.365 e. The largest absolute Gasteiger partial charge is 0.365 e. The van der Waals surface area contributed by atoms with Crippen molar-refractivity contribution in [2.45, 2.75) is 6.50 Å². The van der Waals surface area contributed by atoms with Crippen LogP contribution < -0.4 is 15.5 Å². The SMILES string of the molecule is [2H]C([2H])([2H])NC(=O)c1nnccc1Nc1cccc2c1N(C)C([2H])([2H])c1ccnn1-2. The van der Waals surface area contributed by atoms with Crippen LogP contribution in [0.5, 0.6) is 0 Å². The third-order valence-electron chi connectivity index (χ3n) is 3.82. The molecule has 8 nitrogen and oxygen atoms in total. The number of para-hydroxylation sites is 1. The predicted octanol–water partition coefficient (Wildman–Crippen LogP) is 1.72. The average Bonchev–Trinajstić information content (AvgIpc) is 3.16. The highest BCUT2D eigenvalue weighted by Crippen LogP contribution is 2.38. The smallest absolute Gasteiger partial charge is 0.273 e. The third-order valence-corrected chi connectivity index (χ3v) is 3.82. The van der Waals surface area contributed by atoms with Gasteiger partial charge in [0.05, 0.1) is 43.9 Å². The molecule has 1 amide bonds. The van der Waals surface area contributed by atoms with Gasteiger partial charge in [0.1, 0.15) is 0 Å². The first-order valence-electron chi connectivity index (χ1n) is 9.92. The van der Waals surface area contributed by atoms with Crippen molar-refractivity contribution in [2.24, 2.45) is 0 Å². The molecule has 0 fully saturated rings. The quantitative estimate of drug-likeness (QED) is 0.755. The molecule has 25 heavy (non-hydrogen) atoms. The maximum Gasteiger partial charge on any atom is 0.273 e. The number of hydrogen-bond acceptors (Lipinski definition) is 6. The lowest BCUT2D eigenvalue weighted by Crippen LogP contribution is -2.26. The van der Waals surface area contributed by atoms with Gasteiger partial charge in [-0.25, -0.2) is 4.68 Å². The Morgan fingerprint density at radius 1 is 1.28 bits per heavy atom. The Bertz CT molecular complexity index is 1130. The van der Waals surface area contributed by atoms with Gasteiger partial charge in [0.25, 0.3) is 5.91 Å². The Labute approximate surface area is 151 Å². The predicted molar refractivity (Wildman–Crippen MR) is 94.4 cm³/mol. The number of anilines is 3. The lowest BCUT2D eigenvalue weighted by atomic mass is 10.1. The Morgan fingerprint density at radius 3 is 3.08 bits per heavy atom. The second-order valence-corrected chi connectivity index (χ2v) is 5.34. The maximum absolute atomic E-state index is 12.4. The number of aromatic nitrogens is 4. The van der Waals surface area contributed by atoms with E-state index in [0.29, 0.717) is 22.8 Å². The molecule has 0 saturated heterocycles.